The number of aromatic nitrogens is 1. The van der Waals surface area contributed by atoms with Crippen molar-refractivity contribution in [2.24, 2.45) is 0 Å². The molecule has 32 heavy (non-hydrogen) atoms. The average Bonchev–Trinajstić information content (AvgIpc) is 2.80. The fraction of sp³-hybridized carbons (Fsp3) is 0.240. The Balaban J connectivity index is 1.62. The number of carbonyl (C=O) groups excluding carboxylic acids is 2. The van der Waals surface area contributed by atoms with Gasteiger partial charge in [-0.2, -0.15) is 0 Å². The molecule has 164 valence electrons. The normalized spacial score (nSPS) is 14.8. The summed E-state index contributed by atoms with van der Waals surface area (Å²) in [6.45, 7) is 5.40. The number of carbonyl (C=O) groups is 2. The van der Waals surface area contributed by atoms with Crippen LogP contribution in [0.25, 0.3) is 22.0 Å². The largest absolute Gasteiger partial charge is 0.397 e. The highest BCUT2D eigenvalue weighted by atomic mass is 16.2. The number of amides is 2. The third-order valence-corrected chi connectivity index (χ3v) is 5.86. The summed E-state index contributed by atoms with van der Waals surface area (Å²) in [5, 5.41) is 6.59. The molecule has 2 amide bonds. The van der Waals surface area contributed by atoms with Gasteiger partial charge >= 0.3 is 0 Å². The third kappa shape index (κ3) is 4.63. The molecule has 0 radical (unpaired) electrons. The molecule has 0 bridgehead atoms. The summed E-state index contributed by atoms with van der Waals surface area (Å²) in [7, 11) is 2.09. The highest BCUT2D eigenvalue weighted by molar-refractivity contribution is 6.07. The van der Waals surface area contributed by atoms with E-state index in [2.05, 4.69) is 34.1 Å². The van der Waals surface area contributed by atoms with Gasteiger partial charge in [0.25, 0.3) is 5.91 Å². The smallest absolute Gasteiger partial charge is 0.255 e. The van der Waals surface area contributed by atoms with Crippen LogP contribution in [0.3, 0.4) is 0 Å². The number of likely N-dealkylation sites (tertiary alicyclic amines) is 1. The van der Waals surface area contributed by atoms with Gasteiger partial charge in [-0.05, 0) is 74.4 Å². The van der Waals surface area contributed by atoms with Crippen LogP contribution in [0.1, 0.15) is 23.2 Å². The molecule has 0 spiro atoms. The molecule has 7 heteroatoms. The third-order valence-electron chi connectivity index (χ3n) is 5.86. The number of nitrogens with one attached hydrogen (secondary N) is 2. The minimum atomic E-state index is -0.269. The molecule has 1 aliphatic heterocycles. The van der Waals surface area contributed by atoms with Crippen LogP contribution in [0, 0.1) is 0 Å². The van der Waals surface area contributed by atoms with Gasteiger partial charge in [0.1, 0.15) is 0 Å². The molecule has 0 aliphatic carbocycles. The lowest BCUT2D eigenvalue weighted by Gasteiger charge is -2.29. The lowest BCUT2D eigenvalue weighted by atomic mass is 10.0. The molecular formula is C25H27N5O2. The first-order valence-electron chi connectivity index (χ1n) is 10.7. The summed E-state index contributed by atoms with van der Waals surface area (Å²) in [4.78, 5) is 31.2. The lowest BCUT2D eigenvalue weighted by Crippen LogP contribution is -2.43. The van der Waals surface area contributed by atoms with Gasteiger partial charge in [0.15, 0.2) is 0 Å². The number of benzene rings is 2. The monoisotopic (exact) mass is 429 g/mol. The van der Waals surface area contributed by atoms with E-state index in [4.69, 9.17) is 5.73 Å². The molecule has 1 saturated heterocycles. The molecule has 1 fully saturated rings. The summed E-state index contributed by atoms with van der Waals surface area (Å²) >= 11 is 0. The summed E-state index contributed by atoms with van der Waals surface area (Å²) in [6, 6.07) is 13.4. The topological polar surface area (TPSA) is 100 Å². The molecule has 3 aromatic rings. The van der Waals surface area contributed by atoms with Crippen LogP contribution < -0.4 is 16.4 Å². The molecule has 7 nitrogen and oxygen atoms in total. The molecule has 0 saturated carbocycles. The first-order valence-corrected chi connectivity index (χ1v) is 10.7. The Bertz CT molecular complexity index is 1180. The van der Waals surface area contributed by atoms with Crippen LogP contribution in [-0.4, -0.2) is 47.9 Å². The van der Waals surface area contributed by atoms with Crippen molar-refractivity contribution in [3.63, 3.8) is 0 Å². The predicted molar refractivity (Wildman–Crippen MR) is 128 cm³/mol. The van der Waals surface area contributed by atoms with Crippen molar-refractivity contribution < 1.29 is 9.59 Å². The molecule has 2 heterocycles. The summed E-state index contributed by atoms with van der Waals surface area (Å²) in [6.07, 6.45) is 4.62. The van der Waals surface area contributed by atoms with Crippen molar-refractivity contribution in [1.29, 1.82) is 0 Å². The van der Waals surface area contributed by atoms with E-state index in [1.807, 2.05) is 42.5 Å². The van der Waals surface area contributed by atoms with E-state index in [0.717, 1.165) is 48.0 Å². The van der Waals surface area contributed by atoms with Crippen LogP contribution >= 0.6 is 0 Å². The van der Waals surface area contributed by atoms with Crippen molar-refractivity contribution in [2.45, 2.75) is 18.9 Å². The summed E-state index contributed by atoms with van der Waals surface area (Å²) in [5.74, 6) is -0.458. The summed E-state index contributed by atoms with van der Waals surface area (Å²) < 4.78 is 0. The van der Waals surface area contributed by atoms with E-state index >= 15 is 0 Å². The zero-order valence-electron chi connectivity index (χ0n) is 18.1. The number of anilines is 2. The van der Waals surface area contributed by atoms with Crippen molar-refractivity contribution in [1.82, 2.24) is 15.2 Å². The molecule has 1 aliphatic rings. The number of fused-ring (bicyclic) bond motifs is 1. The number of nitrogens with two attached hydrogens (primary N) is 1. The minimum absolute atomic E-state index is 0.147. The Morgan fingerprint density at radius 3 is 2.66 bits per heavy atom. The lowest BCUT2D eigenvalue weighted by molar-refractivity contribution is -0.111. The van der Waals surface area contributed by atoms with E-state index in [1.165, 1.54) is 6.08 Å². The van der Waals surface area contributed by atoms with Crippen molar-refractivity contribution in [2.75, 3.05) is 31.2 Å². The minimum Gasteiger partial charge on any atom is -0.397 e. The van der Waals surface area contributed by atoms with Crippen molar-refractivity contribution in [3.8, 4) is 11.1 Å². The number of hydrogen-bond donors (Lipinski definition) is 3. The van der Waals surface area contributed by atoms with Gasteiger partial charge in [-0.1, -0.05) is 24.8 Å². The van der Waals surface area contributed by atoms with Crippen molar-refractivity contribution >= 4 is 34.1 Å². The zero-order valence-corrected chi connectivity index (χ0v) is 18.1. The molecule has 4 rings (SSSR count). The molecular weight excluding hydrogens is 402 g/mol. The Hall–Kier alpha value is -3.71. The van der Waals surface area contributed by atoms with E-state index in [9.17, 15) is 9.59 Å². The van der Waals surface area contributed by atoms with Gasteiger partial charge < -0.3 is 21.3 Å². The van der Waals surface area contributed by atoms with Crippen LogP contribution in [0.15, 0.2) is 61.3 Å². The second-order valence-electron chi connectivity index (χ2n) is 8.14. The Morgan fingerprint density at radius 1 is 1.16 bits per heavy atom. The van der Waals surface area contributed by atoms with Crippen LogP contribution in [0.4, 0.5) is 11.4 Å². The first-order chi connectivity index (χ1) is 15.4. The second-order valence-corrected chi connectivity index (χ2v) is 8.14. The van der Waals surface area contributed by atoms with Crippen LogP contribution in [0.5, 0.6) is 0 Å². The van der Waals surface area contributed by atoms with Gasteiger partial charge in [-0.3, -0.25) is 14.6 Å². The van der Waals surface area contributed by atoms with E-state index in [0.29, 0.717) is 16.9 Å². The maximum Gasteiger partial charge on any atom is 0.255 e. The number of hydrogen-bond acceptors (Lipinski definition) is 5. The number of rotatable bonds is 5. The summed E-state index contributed by atoms with van der Waals surface area (Å²) in [5.41, 5.74) is 10.4. The fourth-order valence-corrected chi connectivity index (χ4v) is 3.96. The standard InChI is InChI=1S/C25H27N5O2/c1-3-23(31)28-19-6-4-5-16(13-19)17-7-8-22-20(14-17)24(26)21(15-27-22)25(32)29-18-9-11-30(2)12-10-18/h3-8,13-15,18H,1,9-12H2,2H3,(H2,26,27)(H,28,31)(H,29,32). The first kappa shape index (κ1) is 21.5. The Morgan fingerprint density at radius 2 is 1.91 bits per heavy atom. The SMILES string of the molecule is C=CC(=O)Nc1cccc(-c2ccc3ncc(C(=O)NC4CCN(C)CC4)c(N)c3c2)c1. The van der Waals surface area contributed by atoms with E-state index in [-0.39, 0.29) is 17.9 Å². The molecule has 0 unspecified atom stereocenters. The van der Waals surface area contributed by atoms with Gasteiger partial charge in [0.05, 0.1) is 16.8 Å². The maximum absolute atomic E-state index is 12.9. The van der Waals surface area contributed by atoms with E-state index in [1.54, 1.807) is 6.20 Å². The Kier molecular flexibility index (Phi) is 6.18. The highest BCUT2D eigenvalue weighted by Gasteiger charge is 2.21. The van der Waals surface area contributed by atoms with Crippen LogP contribution in [0.2, 0.25) is 0 Å². The average molecular weight is 430 g/mol. The molecule has 0 atom stereocenters. The quantitative estimate of drug-likeness (QED) is 0.540. The van der Waals surface area contributed by atoms with Crippen LogP contribution in [-0.2, 0) is 4.79 Å². The number of piperidine rings is 1. The van der Waals surface area contributed by atoms with Gasteiger partial charge in [0, 0.05) is 23.3 Å². The second kappa shape index (κ2) is 9.20. The highest BCUT2D eigenvalue weighted by Crippen LogP contribution is 2.30. The van der Waals surface area contributed by atoms with Gasteiger partial charge in [-0.15, -0.1) is 0 Å². The van der Waals surface area contributed by atoms with E-state index < -0.39 is 0 Å². The maximum atomic E-state index is 12.9. The molecule has 1 aromatic heterocycles. The zero-order chi connectivity index (χ0) is 22.7. The predicted octanol–water partition coefficient (Wildman–Crippen LogP) is 3.43. The van der Waals surface area contributed by atoms with Gasteiger partial charge in [-0.25, -0.2) is 0 Å². The molecule has 4 N–H and O–H groups in total. The number of nitrogen functional groups attached to an aromatic ring is 1. The number of nitrogens with zero attached hydrogens (tertiary/aromatic N) is 2. The fourth-order valence-electron chi connectivity index (χ4n) is 3.96. The molecule has 2 aromatic carbocycles. The van der Waals surface area contributed by atoms with Crippen molar-refractivity contribution in [3.05, 3.63) is 66.9 Å². The number of pyridine rings is 1. The van der Waals surface area contributed by atoms with Gasteiger partial charge in [0.2, 0.25) is 5.91 Å². The Labute approximate surface area is 187 Å².